The van der Waals surface area contributed by atoms with E-state index in [9.17, 15) is 0 Å². The Bertz CT molecular complexity index is 391. The molecule has 0 radical (unpaired) electrons. The highest BCUT2D eigenvalue weighted by molar-refractivity contribution is 5.58. The predicted octanol–water partition coefficient (Wildman–Crippen LogP) is 2.72. The van der Waals surface area contributed by atoms with Crippen LogP contribution in [0.25, 0.3) is 0 Å². The van der Waals surface area contributed by atoms with Crippen LogP contribution in [-0.4, -0.2) is 39.3 Å². The van der Waals surface area contributed by atoms with Gasteiger partial charge in [-0.05, 0) is 44.9 Å². The van der Waals surface area contributed by atoms with Gasteiger partial charge in [-0.15, -0.1) is 0 Å². The molecule has 0 aliphatic carbocycles. The van der Waals surface area contributed by atoms with Crippen LogP contribution in [0.2, 0.25) is 0 Å². The van der Waals surface area contributed by atoms with Crippen molar-refractivity contribution in [3.63, 3.8) is 0 Å². The number of benzene rings is 1. The van der Waals surface area contributed by atoms with E-state index in [0.717, 1.165) is 13.1 Å². The van der Waals surface area contributed by atoms with Gasteiger partial charge in [-0.25, -0.2) is 0 Å². The van der Waals surface area contributed by atoms with Crippen LogP contribution >= 0.6 is 0 Å². The lowest BCUT2D eigenvalue weighted by Gasteiger charge is -2.32. The smallest absolute Gasteiger partial charge is 0.0386 e. The normalized spacial score (nSPS) is 24.7. The number of rotatable bonds is 2. The van der Waals surface area contributed by atoms with Gasteiger partial charge in [0, 0.05) is 50.6 Å². The van der Waals surface area contributed by atoms with E-state index in [1.165, 1.54) is 24.2 Å². The zero-order valence-electron chi connectivity index (χ0n) is 12.7. The molecule has 1 aromatic rings. The highest BCUT2D eigenvalue weighted by Crippen LogP contribution is 2.22. The minimum atomic E-state index is 0.606. The summed E-state index contributed by atoms with van der Waals surface area (Å²) in [5.74, 6) is 0. The minimum Gasteiger partial charge on any atom is -0.378 e. The van der Waals surface area contributed by atoms with Crippen molar-refractivity contribution in [2.75, 3.05) is 37.0 Å². The molecule has 1 saturated heterocycles. The van der Waals surface area contributed by atoms with Gasteiger partial charge < -0.3 is 15.1 Å². The molecule has 1 aliphatic heterocycles. The van der Waals surface area contributed by atoms with Crippen molar-refractivity contribution in [1.82, 2.24) is 5.32 Å². The molecule has 19 heavy (non-hydrogen) atoms. The molecule has 0 aromatic heterocycles. The third-order valence-electron chi connectivity index (χ3n) is 3.94. The largest absolute Gasteiger partial charge is 0.378 e. The quantitative estimate of drug-likeness (QED) is 0.883. The van der Waals surface area contributed by atoms with Crippen molar-refractivity contribution in [3.05, 3.63) is 24.3 Å². The fourth-order valence-corrected chi connectivity index (χ4v) is 2.69. The van der Waals surface area contributed by atoms with Gasteiger partial charge in [-0.3, -0.25) is 0 Å². The molecule has 3 heteroatoms. The van der Waals surface area contributed by atoms with E-state index in [1.54, 1.807) is 0 Å². The first-order chi connectivity index (χ1) is 9.06. The molecule has 3 nitrogen and oxygen atoms in total. The summed E-state index contributed by atoms with van der Waals surface area (Å²) >= 11 is 0. The van der Waals surface area contributed by atoms with Crippen molar-refractivity contribution in [1.29, 1.82) is 0 Å². The van der Waals surface area contributed by atoms with Crippen LogP contribution in [0.15, 0.2) is 24.3 Å². The first kappa shape index (κ1) is 14.2. The summed E-state index contributed by atoms with van der Waals surface area (Å²) in [5.41, 5.74) is 2.63. The maximum Gasteiger partial charge on any atom is 0.0386 e. The molecule has 2 atom stereocenters. The molecule has 1 aromatic carbocycles. The minimum absolute atomic E-state index is 0.606. The molecule has 2 unspecified atom stereocenters. The van der Waals surface area contributed by atoms with Crippen LogP contribution in [0, 0.1) is 0 Å². The zero-order chi connectivity index (χ0) is 13.8. The van der Waals surface area contributed by atoms with E-state index in [2.05, 4.69) is 67.3 Å². The van der Waals surface area contributed by atoms with Crippen molar-refractivity contribution in [2.45, 2.75) is 38.8 Å². The van der Waals surface area contributed by atoms with E-state index in [0.29, 0.717) is 12.1 Å². The molecule has 1 N–H and O–H groups in total. The Kier molecular flexibility index (Phi) is 4.70. The topological polar surface area (TPSA) is 18.5 Å². The van der Waals surface area contributed by atoms with Crippen molar-refractivity contribution in [2.24, 2.45) is 0 Å². The molecule has 0 amide bonds. The maximum absolute atomic E-state index is 3.65. The number of nitrogens with one attached hydrogen (secondary N) is 1. The summed E-state index contributed by atoms with van der Waals surface area (Å²) in [6, 6.07) is 10.1. The summed E-state index contributed by atoms with van der Waals surface area (Å²) in [5, 5.41) is 3.65. The number of hydrogen-bond acceptors (Lipinski definition) is 3. The Morgan fingerprint density at radius 3 is 2.32 bits per heavy atom. The van der Waals surface area contributed by atoms with Crippen LogP contribution in [0.4, 0.5) is 11.4 Å². The molecule has 0 bridgehead atoms. The average molecular weight is 261 g/mol. The number of anilines is 2. The molecule has 1 fully saturated rings. The lowest BCUT2D eigenvalue weighted by molar-refractivity contribution is 0.404. The number of hydrogen-bond donors (Lipinski definition) is 1. The summed E-state index contributed by atoms with van der Waals surface area (Å²) < 4.78 is 0. The van der Waals surface area contributed by atoms with E-state index in [1.807, 2.05) is 0 Å². The summed E-state index contributed by atoms with van der Waals surface area (Å²) in [6.07, 6.45) is 2.41. The highest BCUT2D eigenvalue weighted by atomic mass is 15.1. The average Bonchev–Trinajstić information content (AvgIpc) is 2.36. The molecule has 1 aliphatic rings. The second kappa shape index (κ2) is 6.29. The van der Waals surface area contributed by atoms with Crippen LogP contribution in [-0.2, 0) is 0 Å². The first-order valence-corrected chi connectivity index (χ1v) is 7.34. The summed E-state index contributed by atoms with van der Waals surface area (Å²) in [7, 11) is 4.20. The second-order valence-electron chi connectivity index (χ2n) is 5.95. The first-order valence-electron chi connectivity index (χ1n) is 7.34. The maximum atomic E-state index is 3.65. The molecule has 106 valence electrons. The summed E-state index contributed by atoms with van der Waals surface area (Å²) in [4.78, 5) is 4.70. The van der Waals surface area contributed by atoms with Gasteiger partial charge in [0.15, 0.2) is 0 Å². The van der Waals surface area contributed by atoms with Gasteiger partial charge in [-0.2, -0.15) is 0 Å². The van der Waals surface area contributed by atoms with Gasteiger partial charge in [0.1, 0.15) is 0 Å². The Hall–Kier alpha value is -1.22. The molecule has 0 spiro atoms. The molecular weight excluding hydrogens is 234 g/mol. The Balaban J connectivity index is 2.12. The van der Waals surface area contributed by atoms with Crippen LogP contribution in [0.5, 0.6) is 0 Å². The Labute approximate surface area is 117 Å². The fraction of sp³-hybridized carbons (Fsp3) is 0.625. The van der Waals surface area contributed by atoms with Crippen molar-refractivity contribution in [3.8, 4) is 0 Å². The second-order valence-corrected chi connectivity index (χ2v) is 5.95. The standard InChI is InChI=1S/C16H27N3/c1-13-8-10-19(11-9-14(2)17-13)16-7-5-6-15(12-16)18(3)4/h5-7,12-14,17H,8-11H2,1-4H3. The highest BCUT2D eigenvalue weighted by Gasteiger charge is 2.16. The SMILES string of the molecule is CC1CCN(c2cccc(N(C)C)c2)CCC(C)N1. The fourth-order valence-electron chi connectivity index (χ4n) is 2.69. The molecule has 1 heterocycles. The summed E-state index contributed by atoms with van der Waals surface area (Å²) in [6.45, 7) is 6.85. The third-order valence-corrected chi connectivity index (χ3v) is 3.94. The molecule has 0 saturated carbocycles. The van der Waals surface area contributed by atoms with E-state index >= 15 is 0 Å². The van der Waals surface area contributed by atoms with Crippen molar-refractivity contribution < 1.29 is 0 Å². The number of nitrogens with zero attached hydrogens (tertiary/aromatic N) is 2. The van der Waals surface area contributed by atoms with E-state index < -0.39 is 0 Å². The van der Waals surface area contributed by atoms with E-state index in [-0.39, 0.29) is 0 Å². The van der Waals surface area contributed by atoms with Gasteiger partial charge in [0.05, 0.1) is 0 Å². The van der Waals surface area contributed by atoms with Gasteiger partial charge in [0.25, 0.3) is 0 Å². The predicted molar refractivity (Wildman–Crippen MR) is 84.3 cm³/mol. The van der Waals surface area contributed by atoms with Gasteiger partial charge in [0.2, 0.25) is 0 Å². The molecule has 2 rings (SSSR count). The van der Waals surface area contributed by atoms with Crippen LogP contribution in [0.3, 0.4) is 0 Å². The van der Waals surface area contributed by atoms with Gasteiger partial charge in [-0.1, -0.05) is 6.07 Å². The monoisotopic (exact) mass is 261 g/mol. The molecular formula is C16H27N3. The van der Waals surface area contributed by atoms with Crippen LogP contribution in [0.1, 0.15) is 26.7 Å². The van der Waals surface area contributed by atoms with Crippen LogP contribution < -0.4 is 15.1 Å². The Morgan fingerprint density at radius 1 is 1.11 bits per heavy atom. The lowest BCUT2D eigenvalue weighted by Crippen LogP contribution is -2.43. The zero-order valence-corrected chi connectivity index (χ0v) is 12.7. The van der Waals surface area contributed by atoms with E-state index in [4.69, 9.17) is 0 Å². The Morgan fingerprint density at radius 2 is 1.74 bits per heavy atom. The third kappa shape index (κ3) is 3.87. The van der Waals surface area contributed by atoms with Gasteiger partial charge >= 0.3 is 0 Å². The van der Waals surface area contributed by atoms with Crippen molar-refractivity contribution >= 4 is 11.4 Å². The lowest BCUT2D eigenvalue weighted by atomic mass is 10.1.